The Bertz CT molecular complexity index is 481. The molecule has 1 aliphatic heterocycles. The minimum Gasteiger partial charge on any atom is -0.336 e. The van der Waals surface area contributed by atoms with Crippen LogP contribution in [-0.4, -0.2) is 47.9 Å². The Hall–Kier alpha value is -0.330. The van der Waals surface area contributed by atoms with Crippen LogP contribution in [0.1, 0.15) is 24.2 Å². The van der Waals surface area contributed by atoms with E-state index in [9.17, 15) is 4.79 Å². The second-order valence-corrected chi connectivity index (χ2v) is 6.43. The van der Waals surface area contributed by atoms with Crippen molar-refractivity contribution in [2.45, 2.75) is 19.9 Å². The number of benzene rings is 1. The molecule has 1 fully saturated rings. The smallest absolute Gasteiger partial charge is 0.254 e. The second kappa shape index (κ2) is 6.41. The minimum absolute atomic E-state index is 0.0842. The zero-order valence-electron chi connectivity index (χ0n) is 11.2. The van der Waals surface area contributed by atoms with Gasteiger partial charge in [-0.25, -0.2) is 0 Å². The topological polar surface area (TPSA) is 23.6 Å². The van der Waals surface area contributed by atoms with Gasteiger partial charge in [0, 0.05) is 34.8 Å². The normalized spacial score (nSPS) is 20.6. The van der Waals surface area contributed by atoms with Gasteiger partial charge in [0.05, 0.1) is 5.02 Å². The summed E-state index contributed by atoms with van der Waals surface area (Å²) in [5, 5.41) is 0.645. The molecule has 1 atom stereocenters. The van der Waals surface area contributed by atoms with E-state index in [-0.39, 0.29) is 5.91 Å². The van der Waals surface area contributed by atoms with Crippen LogP contribution in [0.4, 0.5) is 0 Å². The lowest BCUT2D eigenvalue weighted by molar-refractivity contribution is 0.0528. The highest BCUT2D eigenvalue weighted by Crippen LogP contribution is 2.21. The molecule has 19 heavy (non-hydrogen) atoms. The Balaban J connectivity index is 2.10. The molecular weight excluding hydrogens is 375 g/mol. The number of hydrogen-bond acceptors (Lipinski definition) is 2. The number of hydrogen-bond donors (Lipinski definition) is 0. The number of carbonyl (C=O) groups excluding carboxylic acids is 1. The molecule has 1 aromatic rings. The van der Waals surface area contributed by atoms with Crippen molar-refractivity contribution < 1.29 is 4.79 Å². The van der Waals surface area contributed by atoms with E-state index in [2.05, 4.69) is 41.3 Å². The Morgan fingerprint density at radius 3 is 2.79 bits per heavy atom. The Morgan fingerprint density at radius 1 is 1.47 bits per heavy atom. The summed E-state index contributed by atoms with van der Waals surface area (Å²) < 4.78 is 0.972. The fourth-order valence-corrected chi connectivity index (χ4v) is 2.98. The molecule has 0 spiro atoms. The number of halogens is 2. The van der Waals surface area contributed by atoms with Gasteiger partial charge in [-0.1, -0.05) is 18.5 Å². The van der Waals surface area contributed by atoms with Crippen LogP contribution >= 0.6 is 34.2 Å². The first-order valence-corrected chi connectivity index (χ1v) is 7.97. The predicted molar refractivity (Wildman–Crippen MR) is 86.8 cm³/mol. The fourth-order valence-electron chi connectivity index (χ4n) is 2.46. The van der Waals surface area contributed by atoms with E-state index >= 15 is 0 Å². The summed E-state index contributed by atoms with van der Waals surface area (Å²) in [6, 6.07) is 5.93. The van der Waals surface area contributed by atoms with E-state index in [1.807, 2.05) is 17.0 Å². The first-order chi connectivity index (χ1) is 9.02. The molecule has 104 valence electrons. The highest BCUT2D eigenvalue weighted by molar-refractivity contribution is 14.1. The number of piperazine rings is 1. The molecule has 1 saturated heterocycles. The molecule has 0 N–H and O–H groups in total. The van der Waals surface area contributed by atoms with Crippen LogP contribution in [0.3, 0.4) is 0 Å². The molecule has 5 heteroatoms. The lowest BCUT2D eigenvalue weighted by atomic mass is 10.1. The van der Waals surface area contributed by atoms with Crippen LogP contribution in [0.5, 0.6) is 0 Å². The molecule has 0 aliphatic carbocycles. The number of rotatable bonds is 2. The molecule has 1 aromatic carbocycles. The van der Waals surface area contributed by atoms with Gasteiger partial charge in [0.2, 0.25) is 0 Å². The van der Waals surface area contributed by atoms with Crippen molar-refractivity contribution in [3.63, 3.8) is 0 Å². The van der Waals surface area contributed by atoms with Gasteiger partial charge in [-0.15, -0.1) is 0 Å². The van der Waals surface area contributed by atoms with Crippen molar-refractivity contribution in [2.75, 3.05) is 26.2 Å². The quantitative estimate of drug-likeness (QED) is 0.722. The van der Waals surface area contributed by atoms with Gasteiger partial charge in [0.1, 0.15) is 0 Å². The second-order valence-electron chi connectivity index (χ2n) is 4.86. The summed E-state index contributed by atoms with van der Waals surface area (Å²) in [6.45, 7) is 7.90. The van der Waals surface area contributed by atoms with Crippen LogP contribution in [0.25, 0.3) is 0 Å². The van der Waals surface area contributed by atoms with E-state index in [1.54, 1.807) is 6.07 Å². The average molecular weight is 393 g/mol. The molecule has 1 unspecified atom stereocenters. The van der Waals surface area contributed by atoms with Gasteiger partial charge in [-0.2, -0.15) is 0 Å². The first-order valence-electron chi connectivity index (χ1n) is 6.51. The monoisotopic (exact) mass is 392 g/mol. The van der Waals surface area contributed by atoms with E-state index in [1.165, 1.54) is 0 Å². The number of likely N-dealkylation sites (N-methyl/N-ethyl adjacent to an activating group) is 1. The van der Waals surface area contributed by atoms with Crippen molar-refractivity contribution in [3.05, 3.63) is 32.4 Å². The van der Waals surface area contributed by atoms with E-state index in [0.29, 0.717) is 16.6 Å². The van der Waals surface area contributed by atoms with E-state index in [4.69, 9.17) is 11.6 Å². The number of amides is 1. The molecule has 1 heterocycles. The molecule has 1 amide bonds. The van der Waals surface area contributed by atoms with E-state index < -0.39 is 0 Å². The summed E-state index contributed by atoms with van der Waals surface area (Å²) in [6.07, 6.45) is 0. The number of carbonyl (C=O) groups is 1. The molecule has 0 radical (unpaired) electrons. The van der Waals surface area contributed by atoms with Crippen LogP contribution in [-0.2, 0) is 0 Å². The maximum absolute atomic E-state index is 12.5. The zero-order chi connectivity index (χ0) is 14.0. The third-order valence-electron chi connectivity index (χ3n) is 3.63. The van der Waals surface area contributed by atoms with Crippen molar-refractivity contribution in [1.29, 1.82) is 0 Å². The van der Waals surface area contributed by atoms with Gasteiger partial charge < -0.3 is 4.90 Å². The van der Waals surface area contributed by atoms with Crippen molar-refractivity contribution in [3.8, 4) is 0 Å². The number of nitrogens with zero attached hydrogens (tertiary/aromatic N) is 2. The summed E-state index contributed by atoms with van der Waals surface area (Å²) in [7, 11) is 0. The third kappa shape index (κ3) is 3.41. The molecule has 2 rings (SSSR count). The van der Waals surface area contributed by atoms with Crippen LogP contribution in [0.2, 0.25) is 5.02 Å². The molecule has 0 aromatic heterocycles. The SMILES string of the molecule is CCN1CCN(C(=O)c2ccc(I)c(Cl)c2)CC1C. The molecule has 0 saturated carbocycles. The minimum atomic E-state index is 0.0842. The summed E-state index contributed by atoms with van der Waals surface area (Å²) in [4.78, 5) is 16.8. The Kier molecular flexibility index (Phi) is 5.09. The van der Waals surface area contributed by atoms with Crippen molar-refractivity contribution in [1.82, 2.24) is 9.80 Å². The van der Waals surface area contributed by atoms with Gasteiger partial charge in [-0.05, 0) is 54.3 Å². The molecule has 1 aliphatic rings. The predicted octanol–water partition coefficient (Wildman–Crippen LogP) is 3.11. The van der Waals surface area contributed by atoms with Crippen LogP contribution < -0.4 is 0 Å². The highest BCUT2D eigenvalue weighted by atomic mass is 127. The Labute approximate surface area is 133 Å². The summed E-state index contributed by atoms with van der Waals surface area (Å²) >= 11 is 8.25. The van der Waals surface area contributed by atoms with Gasteiger partial charge in [-0.3, -0.25) is 9.69 Å². The Morgan fingerprint density at radius 2 is 2.21 bits per heavy atom. The molecular formula is C14H18ClIN2O. The van der Waals surface area contributed by atoms with Crippen LogP contribution in [0.15, 0.2) is 18.2 Å². The van der Waals surface area contributed by atoms with Crippen LogP contribution in [0, 0.1) is 3.57 Å². The van der Waals surface area contributed by atoms with Gasteiger partial charge in [0.15, 0.2) is 0 Å². The van der Waals surface area contributed by atoms with Gasteiger partial charge in [0.25, 0.3) is 5.91 Å². The zero-order valence-corrected chi connectivity index (χ0v) is 14.1. The van der Waals surface area contributed by atoms with Gasteiger partial charge >= 0.3 is 0 Å². The van der Waals surface area contributed by atoms with E-state index in [0.717, 1.165) is 29.7 Å². The summed E-state index contributed by atoms with van der Waals surface area (Å²) in [5.74, 6) is 0.0842. The van der Waals surface area contributed by atoms with Crippen molar-refractivity contribution in [2.24, 2.45) is 0 Å². The first kappa shape index (κ1) is 15.1. The average Bonchev–Trinajstić information content (AvgIpc) is 2.41. The third-order valence-corrected chi connectivity index (χ3v) is 5.20. The maximum Gasteiger partial charge on any atom is 0.254 e. The maximum atomic E-state index is 12.5. The molecule has 0 bridgehead atoms. The lowest BCUT2D eigenvalue weighted by Crippen LogP contribution is -2.53. The standard InChI is InChI=1S/C14H18ClIN2O/c1-3-17-6-7-18(9-10(17)2)14(19)11-4-5-13(16)12(15)8-11/h4-5,8,10H,3,6-7,9H2,1-2H3. The lowest BCUT2D eigenvalue weighted by Gasteiger charge is -2.39. The highest BCUT2D eigenvalue weighted by Gasteiger charge is 2.26. The largest absolute Gasteiger partial charge is 0.336 e. The van der Waals surface area contributed by atoms with Crippen molar-refractivity contribution >= 4 is 40.1 Å². The summed E-state index contributed by atoms with van der Waals surface area (Å²) in [5.41, 5.74) is 0.683. The molecule has 3 nitrogen and oxygen atoms in total. The fraction of sp³-hybridized carbons (Fsp3) is 0.500.